The maximum atomic E-state index is 11.4. The highest BCUT2D eigenvalue weighted by atomic mass is 32.2. The maximum absolute atomic E-state index is 11.4. The van der Waals surface area contributed by atoms with Gasteiger partial charge in [-0.3, -0.25) is 4.68 Å². The Labute approximate surface area is 108 Å². The van der Waals surface area contributed by atoms with Crippen molar-refractivity contribution >= 4 is 10.0 Å². The molecule has 1 heterocycles. The van der Waals surface area contributed by atoms with Gasteiger partial charge in [0.2, 0.25) is 10.0 Å². The molecule has 0 atom stereocenters. The standard InChI is InChI=1S/C11H21N3O3S/c1-4-5-7-17-8-6-14-10(3)11(9(2)13-14)18(12,15)16/h4-8H2,1-3H3,(H2,12,15,16). The number of primary sulfonamides is 1. The van der Waals surface area contributed by atoms with Gasteiger partial charge in [0.25, 0.3) is 0 Å². The first-order chi connectivity index (χ1) is 8.38. The lowest BCUT2D eigenvalue weighted by molar-refractivity contribution is 0.120. The highest BCUT2D eigenvalue weighted by molar-refractivity contribution is 7.89. The molecular weight excluding hydrogens is 254 g/mol. The second kappa shape index (κ2) is 6.31. The van der Waals surface area contributed by atoms with E-state index in [0.29, 0.717) is 24.5 Å². The van der Waals surface area contributed by atoms with Gasteiger partial charge in [0.05, 0.1) is 24.5 Å². The number of aromatic nitrogens is 2. The second-order valence-electron chi connectivity index (χ2n) is 4.23. The zero-order chi connectivity index (χ0) is 13.8. The molecule has 0 radical (unpaired) electrons. The fourth-order valence-corrected chi connectivity index (χ4v) is 2.78. The molecule has 1 rings (SSSR count). The van der Waals surface area contributed by atoms with Gasteiger partial charge >= 0.3 is 0 Å². The Morgan fingerprint density at radius 3 is 2.50 bits per heavy atom. The Kier molecular flexibility index (Phi) is 5.30. The van der Waals surface area contributed by atoms with E-state index in [1.54, 1.807) is 18.5 Å². The molecule has 1 aromatic heterocycles. The van der Waals surface area contributed by atoms with Crippen molar-refractivity contribution in [2.45, 2.75) is 45.1 Å². The first-order valence-corrected chi connectivity index (χ1v) is 7.57. The molecule has 0 saturated heterocycles. The van der Waals surface area contributed by atoms with Crippen molar-refractivity contribution in [3.05, 3.63) is 11.4 Å². The lowest BCUT2D eigenvalue weighted by atomic mass is 10.4. The van der Waals surface area contributed by atoms with Crippen molar-refractivity contribution in [1.82, 2.24) is 9.78 Å². The molecule has 0 spiro atoms. The maximum Gasteiger partial charge on any atom is 0.241 e. The fourth-order valence-electron chi connectivity index (χ4n) is 1.81. The van der Waals surface area contributed by atoms with Gasteiger partial charge in [-0.1, -0.05) is 13.3 Å². The van der Waals surface area contributed by atoms with Gasteiger partial charge in [-0.05, 0) is 20.3 Å². The Balaban J connectivity index is 2.69. The number of rotatable bonds is 7. The minimum absolute atomic E-state index is 0.121. The van der Waals surface area contributed by atoms with E-state index in [1.807, 2.05) is 0 Å². The molecule has 0 aliphatic heterocycles. The fraction of sp³-hybridized carbons (Fsp3) is 0.727. The van der Waals surface area contributed by atoms with Crippen molar-refractivity contribution in [2.75, 3.05) is 13.2 Å². The summed E-state index contributed by atoms with van der Waals surface area (Å²) in [6, 6.07) is 0. The zero-order valence-electron chi connectivity index (χ0n) is 11.1. The van der Waals surface area contributed by atoms with Crippen LogP contribution >= 0.6 is 0 Å². The average Bonchev–Trinajstić information content (AvgIpc) is 2.53. The number of sulfonamides is 1. The summed E-state index contributed by atoms with van der Waals surface area (Å²) in [6.07, 6.45) is 2.12. The number of unbranched alkanes of at least 4 members (excludes halogenated alkanes) is 1. The summed E-state index contributed by atoms with van der Waals surface area (Å²) in [5.41, 5.74) is 0.998. The monoisotopic (exact) mass is 275 g/mol. The molecule has 18 heavy (non-hydrogen) atoms. The van der Waals surface area contributed by atoms with Crippen LogP contribution in [0.4, 0.5) is 0 Å². The van der Waals surface area contributed by atoms with Crippen LogP contribution in [0.1, 0.15) is 31.2 Å². The molecule has 0 saturated carbocycles. The first-order valence-electron chi connectivity index (χ1n) is 6.02. The Bertz CT molecular complexity index is 494. The molecular formula is C11H21N3O3S. The van der Waals surface area contributed by atoms with Crippen LogP contribution in [0.2, 0.25) is 0 Å². The molecule has 0 amide bonds. The van der Waals surface area contributed by atoms with Crippen molar-refractivity contribution in [1.29, 1.82) is 0 Å². The zero-order valence-corrected chi connectivity index (χ0v) is 12.0. The molecule has 104 valence electrons. The van der Waals surface area contributed by atoms with Crippen molar-refractivity contribution in [3.8, 4) is 0 Å². The molecule has 0 aliphatic carbocycles. The number of aryl methyl sites for hydroxylation is 1. The van der Waals surface area contributed by atoms with Gasteiger partial charge in [0.15, 0.2) is 0 Å². The molecule has 0 bridgehead atoms. The number of ether oxygens (including phenoxy) is 1. The van der Waals surface area contributed by atoms with Crippen LogP contribution in [0.25, 0.3) is 0 Å². The van der Waals surface area contributed by atoms with Crippen LogP contribution in [-0.4, -0.2) is 31.4 Å². The van der Waals surface area contributed by atoms with E-state index in [-0.39, 0.29) is 4.90 Å². The summed E-state index contributed by atoms with van der Waals surface area (Å²) in [4.78, 5) is 0.121. The number of hydrogen-bond acceptors (Lipinski definition) is 4. The molecule has 0 unspecified atom stereocenters. The van der Waals surface area contributed by atoms with Crippen LogP contribution in [0.5, 0.6) is 0 Å². The number of nitrogens with two attached hydrogens (primary N) is 1. The van der Waals surface area contributed by atoms with Gasteiger partial charge in [-0.25, -0.2) is 13.6 Å². The summed E-state index contributed by atoms with van der Waals surface area (Å²) >= 11 is 0. The minimum Gasteiger partial charge on any atom is -0.380 e. The predicted molar refractivity (Wildman–Crippen MR) is 68.8 cm³/mol. The van der Waals surface area contributed by atoms with E-state index in [1.165, 1.54) is 0 Å². The third-order valence-electron chi connectivity index (χ3n) is 2.69. The van der Waals surface area contributed by atoms with Crippen LogP contribution in [0.15, 0.2) is 4.90 Å². The van der Waals surface area contributed by atoms with Gasteiger partial charge in [-0.2, -0.15) is 5.10 Å². The van der Waals surface area contributed by atoms with Gasteiger partial charge in [0, 0.05) is 6.61 Å². The summed E-state index contributed by atoms with van der Waals surface area (Å²) < 4.78 is 29.8. The number of nitrogens with zero attached hydrogens (tertiary/aromatic N) is 2. The molecule has 6 nitrogen and oxygen atoms in total. The van der Waals surface area contributed by atoms with Crippen molar-refractivity contribution in [3.63, 3.8) is 0 Å². The summed E-state index contributed by atoms with van der Waals surface area (Å²) in [6.45, 7) is 7.21. The van der Waals surface area contributed by atoms with E-state index in [9.17, 15) is 8.42 Å². The van der Waals surface area contributed by atoms with E-state index < -0.39 is 10.0 Å². The number of hydrogen-bond donors (Lipinski definition) is 1. The van der Waals surface area contributed by atoms with Gasteiger partial charge < -0.3 is 4.74 Å². The molecule has 2 N–H and O–H groups in total. The van der Waals surface area contributed by atoms with Gasteiger partial charge in [-0.15, -0.1) is 0 Å². The Morgan fingerprint density at radius 2 is 2.00 bits per heavy atom. The van der Waals surface area contributed by atoms with E-state index in [4.69, 9.17) is 9.88 Å². The third-order valence-corrected chi connectivity index (χ3v) is 3.85. The molecule has 0 aromatic carbocycles. The quantitative estimate of drug-likeness (QED) is 0.751. The topological polar surface area (TPSA) is 87.2 Å². The minimum atomic E-state index is -3.71. The lowest BCUT2D eigenvalue weighted by Crippen LogP contribution is -2.15. The van der Waals surface area contributed by atoms with E-state index in [2.05, 4.69) is 12.0 Å². The summed E-state index contributed by atoms with van der Waals surface area (Å²) in [5.74, 6) is 0. The highest BCUT2D eigenvalue weighted by Crippen LogP contribution is 2.17. The van der Waals surface area contributed by atoms with Crippen LogP contribution in [0, 0.1) is 13.8 Å². The molecule has 7 heteroatoms. The molecule has 1 aromatic rings. The smallest absolute Gasteiger partial charge is 0.241 e. The van der Waals surface area contributed by atoms with Crippen LogP contribution in [0.3, 0.4) is 0 Å². The average molecular weight is 275 g/mol. The van der Waals surface area contributed by atoms with Crippen LogP contribution < -0.4 is 5.14 Å². The van der Waals surface area contributed by atoms with E-state index in [0.717, 1.165) is 19.4 Å². The first kappa shape index (κ1) is 15.1. The van der Waals surface area contributed by atoms with Gasteiger partial charge in [0.1, 0.15) is 4.90 Å². The summed E-state index contributed by atoms with van der Waals surface area (Å²) in [5, 5.41) is 9.33. The summed E-state index contributed by atoms with van der Waals surface area (Å²) in [7, 11) is -3.71. The Morgan fingerprint density at radius 1 is 1.33 bits per heavy atom. The second-order valence-corrected chi connectivity index (χ2v) is 5.73. The molecule has 0 aliphatic rings. The van der Waals surface area contributed by atoms with Crippen molar-refractivity contribution < 1.29 is 13.2 Å². The highest BCUT2D eigenvalue weighted by Gasteiger charge is 2.20. The van der Waals surface area contributed by atoms with Crippen molar-refractivity contribution in [2.24, 2.45) is 5.14 Å². The largest absolute Gasteiger partial charge is 0.380 e. The van der Waals surface area contributed by atoms with Crippen LogP contribution in [-0.2, 0) is 21.3 Å². The predicted octanol–water partition coefficient (Wildman–Crippen LogP) is 0.964. The lowest BCUT2D eigenvalue weighted by Gasteiger charge is -2.06. The normalized spacial score (nSPS) is 12.0. The third kappa shape index (κ3) is 3.79. The SMILES string of the molecule is CCCCOCCn1nc(C)c(S(N)(=O)=O)c1C. The Hall–Kier alpha value is -0.920. The van der Waals surface area contributed by atoms with E-state index >= 15 is 0 Å². The molecule has 0 fully saturated rings.